The van der Waals surface area contributed by atoms with Crippen molar-refractivity contribution in [3.8, 4) is 0 Å². The van der Waals surface area contributed by atoms with E-state index < -0.39 is 0 Å². The highest BCUT2D eigenvalue weighted by atomic mass is 16.3. The number of rotatable bonds is 3. The second-order valence-corrected chi connectivity index (χ2v) is 6.97. The Kier molecular flexibility index (Phi) is 4.18. The van der Waals surface area contributed by atoms with Crippen molar-refractivity contribution in [1.82, 2.24) is 5.43 Å². The lowest BCUT2D eigenvalue weighted by atomic mass is 9.80. The van der Waals surface area contributed by atoms with E-state index in [4.69, 9.17) is 4.42 Å². The first-order valence-corrected chi connectivity index (χ1v) is 8.13. The van der Waals surface area contributed by atoms with Gasteiger partial charge in [-0.05, 0) is 61.6 Å². The van der Waals surface area contributed by atoms with E-state index in [0.717, 1.165) is 12.0 Å². The Hall–Kier alpha value is -2.56. The van der Waals surface area contributed by atoms with Crippen LogP contribution >= 0.6 is 0 Å². The van der Waals surface area contributed by atoms with Crippen molar-refractivity contribution in [3.63, 3.8) is 0 Å². The second-order valence-electron chi connectivity index (χ2n) is 6.97. The molecule has 0 saturated carbocycles. The molecule has 1 N–H and O–H groups in total. The molecule has 24 heavy (non-hydrogen) atoms. The minimum atomic E-state index is -0.357. The monoisotopic (exact) mass is 325 g/mol. The predicted molar refractivity (Wildman–Crippen MR) is 95.7 cm³/mol. The molecule has 0 aliphatic carbocycles. The van der Waals surface area contributed by atoms with Crippen LogP contribution in [0.5, 0.6) is 0 Å². The maximum Gasteiger partial charge on any atom is 0.307 e. The summed E-state index contributed by atoms with van der Waals surface area (Å²) in [4.78, 5) is 14.1. The molecule has 5 heteroatoms. The van der Waals surface area contributed by atoms with Crippen molar-refractivity contribution >= 4 is 17.8 Å². The molecule has 0 saturated heterocycles. The molecular formula is C19H23N3O2. The minimum Gasteiger partial charge on any atom is -0.459 e. The van der Waals surface area contributed by atoms with Crippen LogP contribution in [0.1, 0.15) is 54.8 Å². The van der Waals surface area contributed by atoms with Crippen LogP contribution in [0.3, 0.4) is 0 Å². The number of hydrogen-bond donors (Lipinski definition) is 1. The molecular weight excluding hydrogens is 302 g/mol. The zero-order valence-electron chi connectivity index (χ0n) is 14.5. The van der Waals surface area contributed by atoms with Crippen LogP contribution in [0.4, 0.5) is 5.69 Å². The lowest BCUT2D eigenvalue weighted by Crippen LogP contribution is -2.45. The van der Waals surface area contributed by atoms with Gasteiger partial charge in [0.1, 0.15) is 0 Å². The number of amides is 1. The summed E-state index contributed by atoms with van der Waals surface area (Å²) in [7, 11) is 2.14. The summed E-state index contributed by atoms with van der Waals surface area (Å²) in [5, 5.41) is 4.02. The van der Waals surface area contributed by atoms with Gasteiger partial charge in [0.05, 0.1) is 12.5 Å². The summed E-state index contributed by atoms with van der Waals surface area (Å²) < 4.78 is 5.03. The van der Waals surface area contributed by atoms with Gasteiger partial charge in [-0.1, -0.05) is 13.0 Å². The highest BCUT2D eigenvalue weighted by Crippen LogP contribution is 2.42. The quantitative estimate of drug-likeness (QED) is 0.690. The van der Waals surface area contributed by atoms with Gasteiger partial charge in [0, 0.05) is 18.3 Å². The number of carbonyl (C=O) groups excluding carboxylic acids is 1. The first kappa shape index (κ1) is 16.3. The van der Waals surface area contributed by atoms with Gasteiger partial charge in [-0.25, -0.2) is 5.43 Å². The van der Waals surface area contributed by atoms with Crippen LogP contribution in [-0.2, 0) is 0 Å². The number of hydrazone groups is 1. The van der Waals surface area contributed by atoms with E-state index in [0.29, 0.717) is 5.92 Å². The van der Waals surface area contributed by atoms with Crippen molar-refractivity contribution in [2.75, 3.05) is 11.9 Å². The molecule has 1 aliphatic heterocycles. The van der Waals surface area contributed by atoms with E-state index in [9.17, 15) is 4.79 Å². The Balaban J connectivity index is 1.76. The normalized spacial score (nSPS) is 19.3. The summed E-state index contributed by atoms with van der Waals surface area (Å²) >= 11 is 0. The predicted octanol–water partition coefficient (Wildman–Crippen LogP) is 3.77. The molecule has 126 valence electrons. The molecule has 1 atom stereocenters. The maximum absolute atomic E-state index is 11.8. The van der Waals surface area contributed by atoms with Crippen LogP contribution < -0.4 is 10.3 Å². The molecule has 0 unspecified atom stereocenters. The Bertz CT molecular complexity index is 763. The van der Waals surface area contributed by atoms with Crippen LogP contribution in [0.15, 0.2) is 46.1 Å². The fourth-order valence-corrected chi connectivity index (χ4v) is 3.30. The van der Waals surface area contributed by atoms with E-state index in [1.165, 1.54) is 17.5 Å². The van der Waals surface area contributed by atoms with Crippen molar-refractivity contribution < 1.29 is 9.21 Å². The maximum atomic E-state index is 11.8. The molecule has 2 aromatic rings. The number of benzene rings is 1. The number of fused-ring (bicyclic) bond motifs is 1. The third-order valence-electron chi connectivity index (χ3n) is 4.78. The van der Waals surface area contributed by atoms with E-state index in [2.05, 4.69) is 55.4 Å². The van der Waals surface area contributed by atoms with Crippen LogP contribution in [0.25, 0.3) is 0 Å². The number of nitrogens with one attached hydrogen (secondary N) is 1. The molecule has 1 aliphatic rings. The van der Waals surface area contributed by atoms with Crippen molar-refractivity contribution in [3.05, 3.63) is 53.5 Å². The van der Waals surface area contributed by atoms with Crippen LogP contribution in [0, 0.1) is 0 Å². The number of furan rings is 1. The Morgan fingerprint density at radius 2 is 2.21 bits per heavy atom. The second kappa shape index (κ2) is 6.15. The van der Waals surface area contributed by atoms with E-state index >= 15 is 0 Å². The summed E-state index contributed by atoms with van der Waals surface area (Å²) in [5.74, 6) is 0.372. The van der Waals surface area contributed by atoms with Crippen molar-refractivity contribution in [2.24, 2.45) is 5.10 Å². The highest BCUT2D eigenvalue weighted by Gasteiger charge is 2.33. The summed E-state index contributed by atoms with van der Waals surface area (Å²) in [6.07, 6.45) is 4.22. The van der Waals surface area contributed by atoms with Gasteiger partial charge < -0.3 is 9.32 Å². The molecule has 1 amide bonds. The number of anilines is 1. The molecule has 1 aromatic carbocycles. The largest absolute Gasteiger partial charge is 0.459 e. The van der Waals surface area contributed by atoms with Gasteiger partial charge in [-0.2, -0.15) is 5.10 Å². The summed E-state index contributed by atoms with van der Waals surface area (Å²) in [6.45, 7) is 6.80. The van der Waals surface area contributed by atoms with E-state index in [-0.39, 0.29) is 17.2 Å². The molecule has 0 bridgehead atoms. The number of hydrogen-bond acceptors (Lipinski definition) is 4. The molecule has 0 radical (unpaired) electrons. The fourth-order valence-electron chi connectivity index (χ4n) is 3.30. The molecule has 1 aromatic heterocycles. The first-order valence-electron chi connectivity index (χ1n) is 8.13. The average molecular weight is 325 g/mol. The summed E-state index contributed by atoms with van der Waals surface area (Å²) in [5.41, 5.74) is 6.17. The zero-order chi connectivity index (χ0) is 17.3. The fraction of sp³-hybridized carbons (Fsp3) is 0.368. The smallest absolute Gasteiger partial charge is 0.307 e. The number of nitrogens with zero attached hydrogens (tertiary/aromatic N) is 2. The van der Waals surface area contributed by atoms with Crippen molar-refractivity contribution in [1.29, 1.82) is 0 Å². The van der Waals surface area contributed by atoms with Crippen LogP contribution in [0.2, 0.25) is 0 Å². The van der Waals surface area contributed by atoms with Crippen molar-refractivity contribution in [2.45, 2.75) is 38.6 Å². The van der Waals surface area contributed by atoms with Gasteiger partial charge in [0.2, 0.25) is 0 Å². The van der Waals surface area contributed by atoms with Gasteiger partial charge in [0.25, 0.3) is 0 Å². The third-order valence-corrected chi connectivity index (χ3v) is 4.78. The molecule has 5 nitrogen and oxygen atoms in total. The van der Waals surface area contributed by atoms with E-state index in [1.807, 2.05) is 6.07 Å². The molecule has 3 rings (SSSR count). The lowest BCUT2D eigenvalue weighted by molar-refractivity contribution is 0.0927. The molecule has 0 fully saturated rings. The molecule has 0 spiro atoms. The topological polar surface area (TPSA) is 57.8 Å². The Labute approximate surface area is 142 Å². The zero-order valence-corrected chi connectivity index (χ0v) is 14.5. The molecule has 2 heterocycles. The van der Waals surface area contributed by atoms with Gasteiger partial charge in [-0.3, -0.25) is 4.79 Å². The van der Waals surface area contributed by atoms with Crippen LogP contribution in [-0.4, -0.2) is 24.7 Å². The van der Waals surface area contributed by atoms with Gasteiger partial charge >= 0.3 is 5.91 Å². The standard InChI is InChI=1S/C19H23N3O2/c1-13-11-19(2,3)22(4)16-8-7-14(10-15(13)16)12-20-21-18(23)17-6-5-9-24-17/h5-10,12-13H,11H2,1-4H3,(H,21,23)/b20-12+/t13-/m1/s1. The number of carbonyl (C=O) groups is 1. The van der Waals surface area contributed by atoms with Gasteiger partial charge in [-0.15, -0.1) is 0 Å². The average Bonchev–Trinajstić information content (AvgIpc) is 3.07. The lowest BCUT2D eigenvalue weighted by Gasteiger charge is -2.45. The Morgan fingerprint density at radius 3 is 2.92 bits per heavy atom. The SMILES string of the molecule is C[C@@H]1CC(C)(C)N(C)c2ccc(/C=N/NC(=O)c3ccco3)cc21. The first-order chi connectivity index (χ1) is 11.4. The third kappa shape index (κ3) is 3.07. The summed E-state index contributed by atoms with van der Waals surface area (Å²) in [6, 6.07) is 9.56. The highest BCUT2D eigenvalue weighted by molar-refractivity contribution is 5.92. The van der Waals surface area contributed by atoms with E-state index in [1.54, 1.807) is 18.3 Å². The minimum absolute atomic E-state index is 0.152. The Morgan fingerprint density at radius 1 is 1.42 bits per heavy atom. The van der Waals surface area contributed by atoms with Gasteiger partial charge in [0.15, 0.2) is 5.76 Å².